The van der Waals surface area contributed by atoms with Crippen LogP contribution in [0.1, 0.15) is 81.9 Å². The number of fused-ring (bicyclic) bond motifs is 2. The normalized spacial score (nSPS) is 15.5. The van der Waals surface area contributed by atoms with Gasteiger partial charge in [-0.05, 0) is 53.7 Å². The predicted octanol–water partition coefficient (Wildman–Crippen LogP) is 15.1. The first-order chi connectivity index (χ1) is 24.9. The summed E-state index contributed by atoms with van der Waals surface area (Å²) in [7, 11) is 9.74. The fourth-order valence-electron chi connectivity index (χ4n) is 7.29. The molecule has 52 heavy (non-hydrogen) atoms. The molecule has 1 aliphatic carbocycles. The molecule has 7 rings (SSSR count). The predicted molar refractivity (Wildman–Crippen MR) is 236 cm³/mol. The van der Waals surface area contributed by atoms with Gasteiger partial charge < -0.3 is 0 Å². The van der Waals surface area contributed by atoms with Crippen molar-refractivity contribution in [2.45, 2.75) is 104 Å². The molecular formula is C47H58Cl2Si2Zr. The summed E-state index contributed by atoms with van der Waals surface area (Å²) in [6.07, 6.45) is 6.58. The van der Waals surface area contributed by atoms with Crippen molar-refractivity contribution in [3.05, 3.63) is 126 Å². The van der Waals surface area contributed by atoms with Crippen LogP contribution < -0.4 is 5.19 Å². The van der Waals surface area contributed by atoms with E-state index in [1.165, 1.54) is 85.8 Å². The summed E-state index contributed by atoms with van der Waals surface area (Å²) in [5.74, 6) is 2.26. The van der Waals surface area contributed by atoms with Gasteiger partial charge in [-0.1, -0.05) is 150 Å². The van der Waals surface area contributed by atoms with Gasteiger partial charge in [0.05, 0.1) is 8.07 Å². The third kappa shape index (κ3) is 11.5. The average molecular weight is 841 g/mol. The van der Waals surface area contributed by atoms with E-state index in [9.17, 15) is 0 Å². The summed E-state index contributed by atoms with van der Waals surface area (Å²) in [6.45, 7) is 20.6. The number of hydrogen-bond donors (Lipinski definition) is 0. The molecule has 6 aromatic rings. The minimum absolute atomic E-state index is 0.587. The topological polar surface area (TPSA) is 0 Å². The molecule has 5 heteroatoms. The maximum atomic E-state index is 4.93. The second kappa shape index (κ2) is 20.6. The Morgan fingerprint density at radius 3 is 1.69 bits per heavy atom. The SMILES string of the molecule is CC1CCC(c2cc3c(-c4ccc(C(C)C)cc4)cccc3[cH-]2)CC1.CCc1cc2c(-c3ccc([Si](C)(C)C)cc3)cccc2[cH-]1.C[Si]C.[Cl][Zr+2][Cl]. The fraction of sp³-hybridized carbons (Fsp3) is 0.362. The third-order valence-corrected chi connectivity index (χ3v) is 12.5. The van der Waals surface area contributed by atoms with E-state index in [1.807, 2.05) is 0 Å². The van der Waals surface area contributed by atoms with Crippen LogP contribution in [0.25, 0.3) is 43.8 Å². The number of rotatable bonds is 6. The Morgan fingerprint density at radius 1 is 0.731 bits per heavy atom. The van der Waals surface area contributed by atoms with Crippen molar-refractivity contribution < 1.29 is 20.8 Å². The molecule has 0 N–H and O–H groups in total. The van der Waals surface area contributed by atoms with Crippen molar-refractivity contribution in [2.24, 2.45) is 5.92 Å². The Morgan fingerprint density at radius 2 is 1.21 bits per heavy atom. The summed E-state index contributed by atoms with van der Waals surface area (Å²) in [4.78, 5) is 0. The zero-order chi connectivity index (χ0) is 37.8. The van der Waals surface area contributed by atoms with Crippen molar-refractivity contribution in [3.8, 4) is 22.3 Å². The third-order valence-electron chi connectivity index (χ3n) is 10.4. The van der Waals surface area contributed by atoms with Crippen LogP contribution in [-0.2, 0) is 27.3 Å². The zero-order valence-electron chi connectivity index (χ0n) is 32.9. The Kier molecular flexibility index (Phi) is 16.9. The number of halogens is 2. The molecule has 2 radical (unpaired) electrons. The quantitative estimate of drug-likeness (QED) is 0.116. The number of benzene rings is 4. The second-order valence-corrected chi connectivity index (χ2v) is 25.6. The van der Waals surface area contributed by atoms with Crippen LogP contribution in [-0.4, -0.2) is 17.6 Å². The molecule has 0 aliphatic heterocycles. The molecule has 0 spiro atoms. The molecule has 0 heterocycles. The molecule has 0 aromatic heterocycles. The van der Waals surface area contributed by atoms with Crippen LogP contribution in [0.5, 0.6) is 0 Å². The molecule has 272 valence electrons. The Balaban J connectivity index is 0.000000205. The molecular weight excluding hydrogens is 783 g/mol. The molecule has 0 nitrogen and oxygen atoms in total. The average Bonchev–Trinajstić information content (AvgIpc) is 3.77. The van der Waals surface area contributed by atoms with Gasteiger partial charge in [0, 0.05) is 9.52 Å². The van der Waals surface area contributed by atoms with Crippen molar-refractivity contribution in [1.29, 1.82) is 0 Å². The van der Waals surface area contributed by atoms with E-state index in [1.54, 1.807) is 5.56 Å². The van der Waals surface area contributed by atoms with Crippen LogP contribution in [0.2, 0.25) is 32.7 Å². The standard InChI is InChI=1S/C25H29.C20H23Si.C2H6Si.2ClH.Zr/c1-17(2)19-11-13-21(14-12-19)24-6-4-5-22-15-23(16-25(22)24)20-9-7-18(3)8-10-20;1-5-15-13-17-7-6-8-19(20(17)14-15)16-9-11-18(12-10-16)21(2,3)4;1-3-2;;;/h4-6,11-18,20H,7-10H2,1-3H3;6-14H,5H2,1-4H3;1-2H3;2*1H;/q2*-1;;;;+4/p-2. The van der Waals surface area contributed by atoms with E-state index in [4.69, 9.17) is 17.0 Å². The summed E-state index contributed by atoms with van der Waals surface area (Å²) in [5, 5.41) is 7.09. The summed E-state index contributed by atoms with van der Waals surface area (Å²) in [6, 6.07) is 41.3. The summed E-state index contributed by atoms with van der Waals surface area (Å²) < 4.78 is 0. The molecule has 0 amide bonds. The van der Waals surface area contributed by atoms with E-state index in [0.29, 0.717) is 5.92 Å². The second-order valence-electron chi connectivity index (χ2n) is 15.8. The fourth-order valence-corrected chi connectivity index (χ4v) is 8.46. The van der Waals surface area contributed by atoms with Gasteiger partial charge in [0.1, 0.15) is 0 Å². The van der Waals surface area contributed by atoms with Gasteiger partial charge in [0.25, 0.3) is 0 Å². The zero-order valence-corrected chi connectivity index (χ0v) is 38.9. The monoisotopic (exact) mass is 838 g/mol. The van der Waals surface area contributed by atoms with Crippen molar-refractivity contribution in [1.82, 2.24) is 0 Å². The first kappa shape index (κ1) is 42.7. The molecule has 0 saturated heterocycles. The first-order valence-corrected chi connectivity index (χ1v) is 30.9. The Hall–Kier alpha value is -2.00. The van der Waals surface area contributed by atoms with Crippen LogP contribution in [0, 0.1) is 5.92 Å². The Labute approximate surface area is 338 Å². The van der Waals surface area contributed by atoms with Gasteiger partial charge in [0.2, 0.25) is 0 Å². The van der Waals surface area contributed by atoms with Crippen molar-refractivity contribution in [2.75, 3.05) is 0 Å². The summed E-state index contributed by atoms with van der Waals surface area (Å²) in [5.41, 5.74) is 9.80. The maximum absolute atomic E-state index is 4.93. The molecule has 0 bridgehead atoms. The van der Waals surface area contributed by atoms with Crippen LogP contribution in [0.4, 0.5) is 0 Å². The first-order valence-electron chi connectivity index (χ1n) is 19.1. The van der Waals surface area contributed by atoms with E-state index in [2.05, 4.69) is 170 Å². The number of aryl methyl sites for hydroxylation is 1. The van der Waals surface area contributed by atoms with Crippen molar-refractivity contribution in [3.63, 3.8) is 0 Å². The molecule has 1 aliphatic rings. The van der Waals surface area contributed by atoms with Crippen LogP contribution >= 0.6 is 17.0 Å². The molecule has 1 saturated carbocycles. The van der Waals surface area contributed by atoms with Crippen LogP contribution in [0.3, 0.4) is 0 Å². The van der Waals surface area contributed by atoms with E-state index >= 15 is 0 Å². The van der Waals surface area contributed by atoms with Gasteiger partial charge in [0.15, 0.2) is 0 Å². The van der Waals surface area contributed by atoms with Gasteiger partial charge in [-0.25, -0.2) is 0 Å². The molecule has 0 unspecified atom stereocenters. The molecule has 6 aromatic carbocycles. The van der Waals surface area contributed by atoms with E-state index in [0.717, 1.165) is 27.8 Å². The number of hydrogen-bond acceptors (Lipinski definition) is 0. The van der Waals surface area contributed by atoms with Crippen LogP contribution in [0.15, 0.2) is 109 Å². The minimum atomic E-state index is -1.21. The van der Waals surface area contributed by atoms with Gasteiger partial charge in [-0.15, -0.1) is 69.1 Å². The van der Waals surface area contributed by atoms with Gasteiger partial charge in [-0.3, -0.25) is 0 Å². The van der Waals surface area contributed by atoms with Gasteiger partial charge in [-0.2, -0.15) is 12.1 Å². The van der Waals surface area contributed by atoms with E-state index < -0.39 is 28.9 Å². The Bertz CT molecular complexity index is 1930. The van der Waals surface area contributed by atoms with Gasteiger partial charge >= 0.3 is 37.9 Å². The summed E-state index contributed by atoms with van der Waals surface area (Å²) >= 11 is -0.826. The molecule has 0 atom stereocenters. The van der Waals surface area contributed by atoms with E-state index in [-0.39, 0.29) is 0 Å². The van der Waals surface area contributed by atoms with Crippen molar-refractivity contribution >= 4 is 61.4 Å². The molecule has 1 fully saturated rings.